The molecule has 0 amide bonds. The number of hydrogen-bond donors (Lipinski definition) is 2. The lowest BCUT2D eigenvalue weighted by Gasteiger charge is -2.08. The van der Waals surface area contributed by atoms with Gasteiger partial charge < -0.3 is 10.8 Å². The minimum Gasteiger partial charge on any atom is -0.481 e. The summed E-state index contributed by atoms with van der Waals surface area (Å²) >= 11 is 0. The van der Waals surface area contributed by atoms with Crippen molar-refractivity contribution in [2.45, 2.75) is 12.8 Å². The standard InChI is InChI=1S/C9H7F2N3O2/c10-9(11)5-1-4(3-12)14-6(8(5)13)2-7(15)16/h1,9H,2,13H2,(H,15,16). The number of carboxylic acid groups (broad SMARTS) is 1. The lowest BCUT2D eigenvalue weighted by atomic mass is 10.1. The van der Waals surface area contributed by atoms with Gasteiger partial charge in [0.15, 0.2) is 0 Å². The van der Waals surface area contributed by atoms with Gasteiger partial charge in [0.25, 0.3) is 6.43 Å². The van der Waals surface area contributed by atoms with Gasteiger partial charge in [-0.15, -0.1) is 0 Å². The van der Waals surface area contributed by atoms with Crippen molar-refractivity contribution >= 4 is 11.7 Å². The third-order valence-electron chi connectivity index (χ3n) is 1.84. The molecule has 0 fully saturated rings. The molecule has 0 aromatic carbocycles. The number of aliphatic carboxylic acids is 1. The number of aromatic nitrogens is 1. The van der Waals surface area contributed by atoms with Crippen LogP contribution in [-0.4, -0.2) is 16.1 Å². The molecule has 0 spiro atoms. The molecule has 16 heavy (non-hydrogen) atoms. The van der Waals surface area contributed by atoms with Crippen molar-refractivity contribution in [1.29, 1.82) is 5.26 Å². The Morgan fingerprint density at radius 1 is 1.69 bits per heavy atom. The molecule has 0 bridgehead atoms. The van der Waals surface area contributed by atoms with Crippen molar-refractivity contribution in [2.75, 3.05) is 5.73 Å². The first-order valence-electron chi connectivity index (χ1n) is 4.15. The molecule has 0 radical (unpaired) electrons. The molecule has 0 aliphatic heterocycles. The second-order valence-electron chi connectivity index (χ2n) is 2.94. The molecule has 84 valence electrons. The lowest BCUT2D eigenvalue weighted by molar-refractivity contribution is -0.136. The number of anilines is 1. The average molecular weight is 227 g/mol. The van der Waals surface area contributed by atoms with Gasteiger partial charge >= 0.3 is 5.97 Å². The molecule has 0 aliphatic rings. The van der Waals surface area contributed by atoms with E-state index in [0.717, 1.165) is 6.07 Å². The first-order chi connectivity index (χ1) is 7.45. The summed E-state index contributed by atoms with van der Waals surface area (Å²) in [6, 6.07) is 2.42. The summed E-state index contributed by atoms with van der Waals surface area (Å²) in [5.74, 6) is -1.26. The predicted molar refractivity (Wildman–Crippen MR) is 49.7 cm³/mol. The van der Waals surface area contributed by atoms with E-state index in [1.54, 1.807) is 6.07 Å². The van der Waals surface area contributed by atoms with E-state index in [9.17, 15) is 13.6 Å². The highest BCUT2D eigenvalue weighted by molar-refractivity contribution is 5.72. The van der Waals surface area contributed by atoms with E-state index in [1.165, 1.54) is 0 Å². The Morgan fingerprint density at radius 2 is 2.31 bits per heavy atom. The average Bonchev–Trinajstić information content (AvgIpc) is 2.19. The highest BCUT2D eigenvalue weighted by Gasteiger charge is 2.18. The number of rotatable bonds is 3. The molecule has 0 unspecified atom stereocenters. The van der Waals surface area contributed by atoms with Gasteiger partial charge in [0.1, 0.15) is 11.8 Å². The maximum absolute atomic E-state index is 12.5. The molecule has 1 aromatic heterocycles. The normalized spacial score (nSPS) is 10.1. The van der Waals surface area contributed by atoms with E-state index in [1.807, 2.05) is 0 Å². The molecule has 0 saturated carbocycles. The summed E-state index contributed by atoms with van der Waals surface area (Å²) in [6.45, 7) is 0. The molecular formula is C9H7F2N3O2. The highest BCUT2D eigenvalue weighted by Crippen LogP contribution is 2.27. The molecular weight excluding hydrogens is 220 g/mol. The lowest BCUT2D eigenvalue weighted by Crippen LogP contribution is -2.10. The second-order valence-corrected chi connectivity index (χ2v) is 2.94. The first kappa shape index (κ1) is 11.8. The van der Waals surface area contributed by atoms with Crippen LogP contribution in [0.4, 0.5) is 14.5 Å². The predicted octanol–water partition coefficient (Wildman–Crippen LogP) is 1.10. The van der Waals surface area contributed by atoms with Gasteiger partial charge in [0.05, 0.1) is 17.8 Å². The minimum absolute atomic E-state index is 0.221. The monoisotopic (exact) mass is 227 g/mol. The van der Waals surface area contributed by atoms with E-state index < -0.39 is 24.4 Å². The van der Waals surface area contributed by atoms with Crippen LogP contribution in [0.3, 0.4) is 0 Å². The van der Waals surface area contributed by atoms with Gasteiger partial charge in [0, 0.05) is 5.56 Å². The Kier molecular flexibility index (Phi) is 3.35. The number of hydrogen-bond acceptors (Lipinski definition) is 4. The minimum atomic E-state index is -2.87. The first-order valence-corrected chi connectivity index (χ1v) is 4.15. The third kappa shape index (κ3) is 2.42. The van der Waals surface area contributed by atoms with Gasteiger partial charge in [-0.05, 0) is 6.07 Å². The topological polar surface area (TPSA) is 100 Å². The van der Waals surface area contributed by atoms with E-state index >= 15 is 0 Å². The van der Waals surface area contributed by atoms with Crippen LogP contribution >= 0.6 is 0 Å². The quantitative estimate of drug-likeness (QED) is 0.805. The summed E-state index contributed by atoms with van der Waals surface area (Å²) in [4.78, 5) is 14.0. The largest absolute Gasteiger partial charge is 0.481 e. The van der Waals surface area contributed by atoms with Crippen molar-refractivity contribution in [3.63, 3.8) is 0 Å². The summed E-state index contributed by atoms with van der Waals surface area (Å²) in [6.07, 6.45) is -3.47. The smallest absolute Gasteiger partial charge is 0.309 e. The van der Waals surface area contributed by atoms with Crippen molar-refractivity contribution in [2.24, 2.45) is 0 Å². The molecule has 1 aromatic rings. The van der Waals surface area contributed by atoms with Crippen LogP contribution in [0.5, 0.6) is 0 Å². The van der Waals surface area contributed by atoms with Crippen LogP contribution in [0.1, 0.15) is 23.4 Å². The molecule has 3 N–H and O–H groups in total. The SMILES string of the molecule is N#Cc1cc(C(F)F)c(N)c(CC(=O)O)n1. The van der Waals surface area contributed by atoms with Crippen LogP contribution in [0, 0.1) is 11.3 Å². The number of carboxylic acids is 1. The molecule has 0 atom stereocenters. The molecule has 0 saturated heterocycles. The molecule has 1 heterocycles. The fraction of sp³-hybridized carbons (Fsp3) is 0.222. The van der Waals surface area contributed by atoms with Crippen molar-refractivity contribution in [3.8, 4) is 6.07 Å². The maximum atomic E-state index is 12.5. The summed E-state index contributed by atoms with van der Waals surface area (Å²) in [5.41, 5.74) is 3.90. The molecule has 7 heteroatoms. The van der Waals surface area contributed by atoms with Gasteiger partial charge in [-0.2, -0.15) is 5.26 Å². The van der Waals surface area contributed by atoms with Crippen LogP contribution in [0.25, 0.3) is 0 Å². The summed E-state index contributed by atoms with van der Waals surface area (Å²) < 4.78 is 25.0. The van der Waals surface area contributed by atoms with E-state index in [4.69, 9.17) is 16.1 Å². The fourth-order valence-electron chi connectivity index (χ4n) is 1.15. The Morgan fingerprint density at radius 3 is 2.75 bits per heavy atom. The number of alkyl halides is 2. The van der Waals surface area contributed by atoms with Crippen LogP contribution < -0.4 is 5.73 Å². The zero-order valence-corrected chi connectivity index (χ0v) is 7.94. The maximum Gasteiger partial charge on any atom is 0.309 e. The van der Waals surface area contributed by atoms with Gasteiger partial charge in [-0.25, -0.2) is 13.8 Å². The van der Waals surface area contributed by atoms with Gasteiger partial charge in [0.2, 0.25) is 0 Å². The molecule has 5 nitrogen and oxygen atoms in total. The van der Waals surface area contributed by atoms with Crippen LogP contribution in [0.15, 0.2) is 6.07 Å². The number of nitriles is 1. The Labute approximate surface area is 89.1 Å². The Hall–Kier alpha value is -2.23. The van der Waals surface area contributed by atoms with Crippen molar-refractivity contribution in [3.05, 3.63) is 23.0 Å². The zero-order valence-electron chi connectivity index (χ0n) is 7.94. The van der Waals surface area contributed by atoms with Gasteiger partial charge in [-0.1, -0.05) is 0 Å². The fourth-order valence-corrected chi connectivity index (χ4v) is 1.15. The summed E-state index contributed by atoms with van der Waals surface area (Å²) in [5, 5.41) is 17.1. The zero-order chi connectivity index (χ0) is 12.3. The number of nitrogen functional groups attached to an aromatic ring is 1. The van der Waals surface area contributed by atoms with Crippen molar-refractivity contribution < 1.29 is 18.7 Å². The number of halogens is 2. The van der Waals surface area contributed by atoms with E-state index in [0.29, 0.717) is 0 Å². The van der Waals surface area contributed by atoms with Crippen LogP contribution in [0.2, 0.25) is 0 Å². The van der Waals surface area contributed by atoms with Gasteiger partial charge in [-0.3, -0.25) is 4.79 Å². The Bertz CT molecular complexity index is 469. The Balaban J connectivity index is 3.32. The number of pyridine rings is 1. The number of carbonyl (C=O) groups is 1. The van der Waals surface area contributed by atoms with Crippen molar-refractivity contribution in [1.82, 2.24) is 4.98 Å². The van der Waals surface area contributed by atoms with E-state index in [2.05, 4.69) is 4.98 Å². The number of nitrogens with two attached hydrogens (primary N) is 1. The second kappa shape index (κ2) is 4.53. The third-order valence-corrected chi connectivity index (χ3v) is 1.84. The van der Waals surface area contributed by atoms with Crippen LogP contribution in [-0.2, 0) is 11.2 Å². The summed E-state index contributed by atoms with van der Waals surface area (Å²) in [7, 11) is 0. The van der Waals surface area contributed by atoms with E-state index in [-0.39, 0.29) is 17.1 Å². The highest BCUT2D eigenvalue weighted by atomic mass is 19.3. The molecule has 1 rings (SSSR count). The number of nitrogens with zero attached hydrogens (tertiary/aromatic N) is 2. The molecule has 0 aliphatic carbocycles.